The first kappa shape index (κ1) is 21.3. The van der Waals surface area contributed by atoms with E-state index in [-0.39, 0.29) is 12.1 Å². The Morgan fingerprint density at radius 2 is 1.73 bits per heavy atom. The zero-order valence-corrected chi connectivity index (χ0v) is 16.4. The lowest BCUT2D eigenvalue weighted by molar-refractivity contribution is -0.137. The lowest BCUT2D eigenvalue weighted by atomic mass is 10.1. The molecule has 0 aliphatic heterocycles. The Balaban J connectivity index is 1.95. The molecule has 0 fully saturated rings. The number of amides is 1. The number of carbonyl (C=O) groups excluding carboxylic acids is 1. The van der Waals surface area contributed by atoms with E-state index >= 15 is 0 Å². The second-order valence-corrected chi connectivity index (χ2v) is 6.82. The lowest BCUT2D eigenvalue weighted by Gasteiger charge is -2.19. The Morgan fingerprint density at radius 3 is 2.37 bits per heavy atom. The molecule has 0 saturated heterocycles. The van der Waals surface area contributed by atoms with E-state index in [1.54, 1.807) is 13.0 Å². The molecule has 3 rings (SSSR count). The van der Waals surface area contributed by atoms with E-state index in [1.165, 1.54) is 24.3 Å². The van der Waals surface area contributed by atoms with Crippen LogP contribution in [0.4, 0.5) is 18.9 Å². The fraction of sp³-hybridized carbons (Fsp3) is 0.227. The van der Waals surface area contributed by atoms with Crippen LogP contribution in [0.3, 0.4) is 0 Å². The predicted molar refractivity (Wildman–Crippen MR) is 108 cm³/mol. The number of aromatic nitrogens is 2. The Bertz CT molecular complexity index is 1110. The fourth-order valence-corrected chi connectivity index (χ4v) is 3.05. The molecule has 3 aromatic rings. The number of alkyl halides is 3. The molecule has 0 spiro atoms. The summed E-state index contributed by atoms with van der Waals surface area (Å²) < 4.78 is 40.7. The maximum atomic E-state index is 13.2. The normalized spacial score (nSPS) is 12.4. The molecule has 156 valence electrons. The number of rotatable bonds is 5. The third kappa shape index (κ3) is 4.59. The van der Waals surface area contributed by atoms with Crippen molar-refractivity contribution in [3.63, 3.8) is 0 Å². The predicted octanol–water partition coefficient (Wildman–Crippen LogP) is 4.83. The molecule has 0 radical (unpaired) electrons. The van der Waals surface area contributed by atoms with Gasteiger partial charge in [-0.05, 0) is 31.5 Å². The van der Waals surface area contributed by atoms with Crippen molar-refractivity contribution in [2.75, 3.05) is 5.32 Å². The standard InChI is InChI=1S/C22H20F3N3O2/c1-3-19(21(30)26-18-7-5-4-6-16(18)22(23,24)25)28-20(29)13-12-17(27-28)15-10-8-14(2)9-11-15/h4-13,19H,3H2,1-2H3,(H,26,30). The third-order valence-electron chi connectivity index (χ3n) is 4.65. The van der Waals surface area contributed by atoms with E-state index in [0.29, 0.717) is 5.69 Å². The number of nitrogens with one attached hydrogen (secondary N) is 1. The van der Waals surface area contributed by atoms with Gasteiger partial charge in [0, 0.05) is 11.6 Å². The molecule has 0 aliphatic carbocycles. The molecule has 1 amide bonds. The second-order valence-electron chi connectivity index (χ2n) is 6.82. The van der Waals surface area contributed by atoms with Gasteiger partial charge in [0.2, 0.25) is 5.91 Å². The molecule has 1 atom stereocenters. The first-order valence-corrected chi connectivity index (χ1v) is 9.34. The van der Waals surface area contributed by atoms with Crippen LogP contribution in [0.25, 0.3) is 11.3 Å². The highest BCUT2D eigenvalue weighted by Gasteiger charge is 2.34. The van der Waals surface area contributed by atoms with Crippen molar-refractivity contribution in [2.45, 2.75) is 32.5 Å². The van der Waals surface area contributed by atoms with Crippen LogP contribution >= 0.6 is 0 Å². The van der Waals surface area contributed by atoms with Gasteiger partial charge in [0.1, 0.15) is 6.04 Å². The topological polar surface area (TPSA) is 64.0 Å². The van der Waals surface area contributed by atoms with Gasteiger partial charge in [-0.2, -0.15) is 18.3 Å². The smallest absolute Gasteiger partial charge is 0.324 e. The quantitative estimate of drug-likeness (QED) is 0.649. The Kier molecular flexibility index (Phi) is 6.05. The molecular formula is C22H20F3N3O2. The summed E-state index contributed by atoms with van der Waals surface area (Å²) in [5.74, 6) is -0.746. The van der Waals surface area contributed by atoms with Gasteiger partial charge in [0.25, 0.3) is 5.56 Å². The van der Waals surface area contributed by atoms with Crippen molar-refractivity contribution in [1.29, 1.82) is 0 Å². The number of para-hydroxylation sites is 1. The molecule has 5 nitrogen and oxygen atoms in total. The largest absolute Gasteiger partial charge is 0.418 e. The minimum atomic E-state index is -4.62. The number of anilines is 1. The molecule has 30 heavy (non-hydrogen) atoms. The number of nitrogens with zero attached hydrogens (tertiary/aromatic N) is 2. The SMILES string of the molecule is CCC(C(=O)Nc1ccccc1C(F)(F)F)n1nc(-c2ccc(C)cc2)ccc1=O. The second kappa shape index (κ2) is 8.52. The van der Waals surface area contributed by atoms with Crippen LogP contribution in [-0.4, -0.2) is 15.7 Å². The van der Waals surface area contributed by atoms with Crippen LogP contribution in [0.1, 0.15) is 30.5 Å². The number of halogens is 3. The maximum absolute atomic E-state index is 13.2. The van der Waals surface area contributed by atoms with Crippen molar-refractivity contribution in [3.8, 4) is 11.3 Å². The van der Waals surface area contributed by atoms with Gasteiger partial charge in [-0.15, -0.1) is 0 Å². The summed E-state index contributed by atoms with van der Waals surface area (Å²) >= 11 is 0. The van der Waals surface area contributed by atoms with Gasteiger partial charge < -0.3 is 5.32 Å². The minimum absolute atomic E-state index is 0.171. The lowest BCUT2D eigenvalue weighted by Crippen LogP contribution is -2.35. The summed E-state index contributed by atoms with van der Waals surface area (Å²) in [5, 5.41) is 6.60. The van der Waals surface area contributed by atoms with Crippen LogP contribution in [0.5, 0.6) is 0 Å². The number of carbonyl (C=O) groups is 1. The Labute approximate surface area is 171 Å². The first-order valence-electron chi connectivity index (χ1n) is 9.34. The van der Waals surface area contributed by atoms with Gasteiger partial charge in [-0.3, -0.25) is 9.59 Å². The highest BCUT2D eigenvalue weighted by molar-refractivity contribution is 5.94. The molecule has 1 heterocycles. The first-order chi connectivity index (χ1) is 14.2. The fourth-order valence-electron chi connectivity index (χ4n) is 3.05. The average molecular weight is 415 g/mol. The van der Waals surface area contributed by atoms with Crippen LogP contribution in [0, 0.1) is 6.92 Å². The van der Waals surface area contributed by atoms with E-state index in [1.807, 2.05) is 31.2 Å². The van der Waals surface area contributed by atoms with E-state index in [0.717, 1.165) is 21.9 Å². The van der Waals surface area contributed by atoms with Gasteiger partial charge in [-0.25, -0.2) is 4.68 Å². The number of hydrogen-bond acceptors (Lipinski definition) is 3. The third-order valence-corrected chi connectivity index (χ3v) is 4.65. The molecule has 0 saturated carbocycles. The van der Waals surface area contributed by atoms with Crippen LogP contribution in [0.2, 0.25) is 0 Å². The van der Waals surface area contributed by atoms with Crippen molar-refractivity contribution >= 4 is 11.6 Å². The summed E-state index contributed by atoms with van der Waals surface area (Å²) in [4.78, 5) is 25.2. The monoisotopic (exact) mass is 415 g/mol. The number of aryl methyl sites for hydroxylation is 1. The molecule has 1 aromatic heterocycles. The Morgan fingerprint density at radius 1 is 1.07 bits per heavy atom. The number of benzene rings is 2. The van der Waals surface area contributed by atoms with E-state index in [4.69, 9.17) is 0 Å². The summed E-state index contributed by atoms with van der Waals surface area (Å²) in [6.07, 6.45) is -4.45. The summed E-state index contributed by atoms with van der Waals surface area (Å²) in [6, 6.07) is 13.9. The van der Waals surface area contributed by atoms with Crippen LogP contribution in [0.15, 0.2) is 65.5 Å². The van der Waals surface area contributed by atoms with Gasteiger partial charge in [0.15, 0.2) is 0 Å². The van der Waals surface area contributed by atoms with E-state index in [9.17, 15) is 22.8 Å². The van der Waals surface area contributed by atoms with Gasteiger partial charge >= 0.3 is 6.18 Å². The van der Waals surface area contributed by atoms with Crippen molar-refractivity contribution < 1.29 is 18.0 Å². The highest BCUT2D eigenvalue weighted by atomic mass is 19.4. The maximum Gasteiger partial charge on any atom is 0.418 e. The molecule has 1 unspecified atom stereocenters. The van der Waals surface area contributed by atoms with Crippen LogP contribution in [-0.2, 0) is 11.0 Å². The van der Waals surface area contributed by atoms with Crippen molar-refractivity contribution in [1.82, 2.24) is 9.78 Å². The van der Waals surface area contributed by atoms with Crippen molar-refractivity contribution in [3.05, 3.63) is 82.1 Å². The van der Waals surface area contributed by atoms with Crippen LogP contribution < -0.4 is 10.9 Å². The molecular weight excluding hydrogens is 395 g/mol. The minimum Gasteiger partial charge on any atom is -0.324 e. The zero-order chi connectivity index (χ0) is 21.9. The van der Waals surface area contributed by atoms with Gasteiger partial charge in [-0.1, -0.05) is 48.9 Å². The summed E-state index contributed by atoms with van der Waals surface area (Å²) in [7, 11) is 0. The molecule has 0 bridgehead atoms. The highest BCUT2D eigenvalue weighted by Crippen LogP contribution is 2.34. The Hall–Kier alpha value is -3.42. The van der Waals surface area contributed by atoms with Gasteiger partial charge in [0.05, 0.1) is 16.9 Å². The molecule has 2 aromatic carbocycles. The summed E-state index contributed by atoms with van der Waals surface area (Å²) in [5.41, 5.74) is 0.458. The summed E-state index contributed by atoms with van der Waals surface area (Å²) in [6.45, 7) is 3.60. The van der Waals surface area contributed by atoms with E-state index in [2.05, 4.69) is 10.4 Å². The average Bonchev–Trinajstić information content (AvgIpc) is 2.70. The van der Waals surface area contributed by atoms with Crippen molar-refractivity contribution in [2.24, 2.45) is 0 Å². The van der Waals surface area contributed by atoms with E-state index < -0.39 is 29.2 Å². The molecule has 8 heteroatoms. The molecule has 0 aliphatic rings. The molecule has 1 N–H and O–H groups in total. The zero-order valence-electron chi connectivity index (χ0n) is 16.4. The number of hydrogen-bond donors (Lipinski definition) is 1.